The van der Waals surface area contributed by atoms with E-state index in [9.17, 15) is 9.18 Å². The molecular formula is C35H41ClF3NOS2. The van der Waals surface area contributed by atoms with Crippen LogP contribution < -0.4 is 0 Å². The van der Waals surface area contributed by atoms with Crippen molar-refractivity contribution in [1.82, 2.24) is 0 Å². The van der Waals surface area contributed by atoms with Gasteiger partial charge in [-0.25, -0.2) is 13.2 Å². The Morgan fingerprint density at radius 3 is 2.35 bits per heavy atom. The summed E-state index contributed by atoms with van der Waals surface area (Å²) < 4.78 is 44.9. The van der Waals surface area contributed by atoms with Crippen LogP contribution in [0.4, 0.5) is 13.2 Å². The number of halogens is 4. The van der Waals surface area contributed by atoms with Gasteiger partial charge in [0.25, 0.3) is 0 Å². The standard InChI is InChI=1S/C35H41ClF3NOS2/c1-3-5-22-8-12-24(13-9-22)28-19-29(38)32(34(39)33(28)36)26-16-17-31(27(18-26)20-40)43-35(42)25-14-10-23(11-15-25)6-4-7-30(41)21(2)37/h16-20,22-25,40H,2-15H2,1H3. The van der Waals surface area contributed by atoms with E-state index in [1.54, 1.807) is 18.2 Å². The summed E-state index contributed by atoms with van der Waals surface area (Å²) in [5.74, 6) is -1.24. The summed E-state index contributed by atoms with van der Waals surface area (Å²) in [6.07, 6.45) is 13.1. The first-order valence-electron chi connectivity index (χ1n) is 15.5. The van der Waals surface area contributed by atoms with Crippen LogP contribution in [0.2, 0.25) is 5.02 Å². The predicted molar refractivity (Wildman–Crippen MR) is 177 cm³/mol. The van der Waals surface area contributed by atoms with Crippen LogP contribution in [0, 0.1) is 34.8 Å². The molecule has 0 amide bonds. The Morgan fingerprint density at radius 2 is 1.72 bits per heavy atom. The third-order valence-corrected chi connectivity index (χ3v) is 11.4. The Kier molecular flexibility index (Phi) is 12.5. The lowest BCUT2D eigenvalue weighted by atomic mass is 9.77. The highest BCUT2D eigenvalue weighted by molar-refractivity contribution is 8.23. The molecular weight excluding hydrogens is 607 g/mol. The fourth-order valence-corrected chi connectivity index (χ4v) is 8.62. The van der Waals surface area contributed by atoms with E-state index in [0.29, 0.717) is 34.9 Å². The summed E-state index contributed by atoms with van der Waals surface area (Å²) in [6.45, 7) is 5.26. The second-order valence-corrected chi connectivity index (χ2v) is 14.4. The smallest absolute Gasteiger partial charge is 0.190 e. The highest BCUT2D eigenvalue weighted by atomic mass is 35.5. The lowest BCUT2D eigenvalue weighted by Gasteiger charge is -2.29. The Bertz CT molecular complexity index is 1350. The number of rotatable bonds is 12. The van der Waals surface area contributed by atoms with E-state index < -0.39 is 23.2 Å². The van der Waals surface area contributed by atoms with Gasteiger partial charge in [-0.3, -0.25) is 4.79 Å². The molecule has 2 fully saturated rings. The van der Waals surface area contributed by atoms with Crippen LogP contribution in [0.25, 0.3) is 11.1 Å². The molecule has 43 heavy (non-hydrogen) atoms. The average molecular weight is 648 g/mol. The molecule has 0 aromatic heterocycles. The molecule has 2 aromatic rings. The van der Waals surface area contributed by atoms with E-state index in [2.05, 4.69) is 13.5 Å². The van der Waals surface area contributed by atoms with Gasteiger partial charge in [-0.05, 0) is 105 Å². The van der Waals surface area contributed by atoms with Gasteiger partial charge in [0.2, 0.25) is 0 Å². The summed E-state index contributed by atoms with van der Waals surface area (Å²) in [7, 11) is 0. The van der Waals surface area contributed by atoms with Gasteiger partial charge in [-0.15, -0.1) is 0 Å². The quantitative estimate of drug-likeness (QED) is 0.0819. The van der Waals surface area contributed by atoms with E-state index in [1.165, 1.54) is 30.5 Å². The molecule has 8 heteroatoms. The van der Waals surface area contributed by atoms with Crippen molar-refractivity contribution in [2.75, 3.05) is 0 Å². The second kappa shape index (κ2) is 15.9. The highest BCUT2D eigenvalue weighted by Gasteiger charge is 2.28. The number of nitrogens with one attached hydrogen (secondary N) is 1. The fraction of sp³-hybridized carbons (Fsp3) is 0.514. The maximum absolute atomic E-state index is 15.6. The molecule has 0 spiro atoms. The predicted octanol–water partition coefficient (Wildman–Crippen LogP) is 11.8. The zero-order valence-electron chi connectivity index (χ0n) is 24.8. The van der Waals surface area contributed by atoms with Crippen LogP contribution in [-0.2, 0) is 4.79 Å². The molecule has 2 nitrogen and oxygen atoms in total. The van der Waals surface area contributed by atoms with Gasteiger partial charge in [0, 0.05) is 29.0 Å². The van der Waals surface area contributed by atoms with Crippen molar-refractivity contribution in [2.24, 2.45) is 17.8 Å². The first kappa shape index (κ1) is 33.9. The topological polar surface area (TPSA) is 40.9 Å². The second-order valence-electron chi connectivity index (χ2n) is 12.2. The number of Topliss-reactive ketones (excluding diaryl/α,β-unsaturated/α-hetero) is 1. The average Bonchev–Trinajstić information content (AvgIpc) is 3.00. The maximum atomic E-state index is 15.6. The van der Waals surface area contributed by atoms with Gasteiger partial charge < -0.3 is 5.41 Å². The molecule has 0 atom stereocenters. The van der Waals surface area contributed by atoms with Gasteiger partial charge in [-0.2, -0.15) is 0 Å². The van der Waals surface area contributed by atoms with Crippen LogP contribution in [0.15, 0.2) is 41.6 Å². The largest absolute Gasteiger partial charge is 0.308 e. The molecule has 2 aromatic carbocycles. The van der Waals surface area contributed by atoms with Gasteiger partial charge in [0.15, 0.2) is 17.4 Å². The van der Waals surface area contributed by atoms with Crippen molar-refractivity contribution in [3.8, 4) is 11.1 Å². The summed E-state index contributed by atoms with van der Waals surface area (Å²) in [4.78, 5) is 12.2. The summed E-state index contributed by atoms with van der Waals surface area (Å²) >= 11 is 13.8. The fourth-order valence-electron chi connectivity index (χ4n) is 6.82. The number of benzene rings is 2. The van der Waals surface area contributed by atoms with Crippen LogP contribution in [0.5, 0.6) is 0 Å². The molecule has 4 rings (SSSR count). The molecule has 0 radical (unpaired) electrons. The molecule has 2 aliphatic rings. The van der Waals surface area contributed by atoms with Crippen molar-refractivity contribution in [1.29, 1.82) is 5.41 Å². The number of hydrogen-bond donors (Lipinski definition) is 1. The monoisotopic (exact) mass is 647 g/mol. The Hall–Kier alpha value is -1.96. The molecule has 232 valence electrons. The third kappa shape index (κ3) is 8.61. The summed E-state index contributed by atoms with van der Waals surface area (Å²) in [6, 6.07) is 6.51. The van der Waals surface area contributed by atoms with Gasteiger partial charge in [-0.1, -0.05) is 74.4 Å². The first-order chi connectivity index (χ1) is 20.6. The minimum Gasteiger partial charge on any atom is -0.308 e. The molecule has 2 saturated carbocycles. The number of hydrogen-bond acceptors (Lipinski definition) is 4. The van der Waals surface area contributed by atoms with Crippen LogP contribution in [-0.4, -0.2) is 16.2 Å². The van der Waals surface area contributed by atoms with Crippen molar-refractivity contribution in [3.05, 3.63) is 64.5 Å². The van der Waals surface area contributed by atoms with Gasteiger partial charge >= 0.3 is 0 Å². The van der Waals surface area contributed by atoms with Crippen molar-refractivity contribution in [3.63, 3.8) is 0 Å². The number of carbonyl (C=O) groups is 1. The number of allylic oxidation sites excluding steroid dienone is 1. The van der Waals surface area contributed by atoms with Gasteiger partial charge in [0.1, 0.15) is 5.82 Å². The lowest BCUT2D eigenvalue weighted by Crippen LogP contribution is -2.19. The summed E-state index contributed by atoms with van der Waals surface area (Å²) in [5, 5.41) is 8.00. The van der Waals surface area contributed by atoms with Crippen molar-refractivity contribution < 1.29 is 18.0 Å². The van der Waals surface area contributed by atoms with E-state index in [4.69, 9.17) is 29.2 Å². The van der Waals surface area contributed by atoms with E-state index in [0.717, 1.165) is 73.3 Å². The minimum absolute atomic E-state index is 0.00134. The summed E-state index contributed by atoms with van der Waals surface area (Å²) in [5.41, 5.74) is 1.30. The molecule has 0 saturated heterocycles. The Morgan fingerprint density at radius 1 is 1.07 bits per heavy atom. The molecule has 0 heterocycles. The van der Waals surface area contributed by atoms with Gasteiger partial charge in [0.05, 0.1) is 14.8 Å². The number of carbonyl (C=O) groups excluding carboxylic acids is 1. The lowest BCUT2D eigenvalue weighted by molar-refractivity contribution is -0.117. The number of thiocarbonyl (C=S) groups is 1. The molecule has 0 aliphatic heterocycles. The number of thioether (sulfide) groups is 1. The zero-order valence-corrected chi connectivity index (χ0v) is 27.2. The highest BCUT2D eigenvalue weighted by Crippen LogP contribution is 2.44. The van der Waals surface area contributed by atoms with E-state index in [1.807, 2.05) is 0 Å². The van der Waals surface area contributed by atoms with Crippen LogP contribution in [0.1, 0.15) is 107 Å². The normalized spacial score (nSPS) is 22.3. The third-order valence-electron chi connectivity index (χ3n) is 9.33. The minimum atomic E-state index is -0.865. The Labute approximate surface area is 268 Å². The molecule has 1 N–H and O–H groups in total. The zero-order chi connectivity index (χ0) is 31.1. The van der Waals surface area contributed by atoms with Crippen molar-refractivity contribution in [2.45, 2.75) is 101 Å². The molecule has 0 bridgehead atoms. The SMILES string of the molecule is C=C(F)C(=O)CCCC1CCC(C(=S)Sc2ccc(-c3c(F)cc(C4CCC(CCC)CC4)c(Cl)c3F)cc2C=N)CC1. The van der Waals surface area contributed by atoms with E-state index in [-0.39, 0.29) is 28.8 Å². The maximum Gasteiger partial charge on any atom is 0.190 e. The molecule has 2 aliphatic carbocycles. The first-order valence-corrected chi connectivity index (χ1v) is 17.1. The van der Waals surface area contributed by atoms with Crippen molar-refractivity contribution >= 4 is 51.8 Å². The number of ketones is 1. The van der Waals surface area contributed by atoms with Crippen LogP contribution >= 0.6 is 35.6 Å². The van der Waals surface area contributed by atoms with Crippen LogP contribution in [0.3, 0.4) is 0 Å². The molecule has 0 unspecified atom stereocenters. The Balaban J connectivity index is 1.40. The van der Waals surface area contributed by atoms with E-state index >= 15 is 8.78 Å².